The van der Waals surface area contributed by atoms with E-state index in [2.05, 4.69) is 10.4 Å². The molecule has 1 heterocycles. The Morgan fingerprint density at radius 2 is 2.16 bits per heavy atom. The molecule has 100 valence electrons. The van der Waals surface area contributed by atoms with Gasteiger partial charge in [-0.1, -0.05) is 19.1 Å². The minimum atomic E-state index is -0.150. The van der Waals surface area contributed by atoms with E-state index in [1.165, 1.54) is 0 Å². The average molecular weight is 258 g/mol. The quantitative estimate of drug-likeness (QED) is 0.843. The van der Waals surface area contributed by atoms with E-state index >= 15 is 0 Å². The van der Waals surface area contributed by atoms with Crippen LogP contribution in [0, 0.1) is 5.92 Å². The van der Waals surface area contributed by atoms with Crippen LogP contribution in [0.15, 0.2) is 42.7 Å². The van der Waals surface area contributed by atoms with Gasteiger partial charge in [0.05, 0.1) is 5.69 Å². The Kier molecular flexibility index (Phi) is 4.30. The summed E-state index contributed by atoms with van der Waals surface area (Å²) in [7, 11) is 0. The zero-order valence-corrected chi connectivity index (χ0v) is 10.9. The van der Waals surface area contributed by atoms with Crippen LogP contribution in [0.3, 0.4) is 0 Å². The number of hydrogen-bond donors (Lipinski definition) is 2. The van der Waals surface area contributed by atoms with E-state index in [1.807, 2.05) is 43.5 Å². The van der Waals surface area contributed by atoms with E-state index in [0.29, 0.717) is 13.1 Å². The highest BCUT2D eigenvalue weighted by Crippen LogP contribution is 2.08. The lowest BCUT2D eigenvalue weighted by Gasteiger charge is -2.10. The number of nitrogens with one attached hydrogen (secondary N) is 1. The maximum Gasteiger partial charge on any atom is 0.224 e. The number of benzene rings is 1. The van der Waals surface area contributed by atoms with E-state index in [0.717, 1.165) is 11.3 Å². The summed E-state index contributed by atoms with van der Waals surface area (Å²) in [6, 6.07) is 9.78. The second-order valence-electron chi connectivity index (χ2n) is 4.47. The van der Waals surface area contributed by atoms with Crippen LogP contribution in [0.1, 0.15) is 12.5 Å². The maximum absolute atomic E-state index is 11.6. The molecule has 5 heteroatoms. The number of amides is 1. The zero-order chi connectivity index (χ0) is 13.7. The summed E-state index contributed by atoms with van der Waals surface area (Å²) >= 11 is 0. The molecule has 1 aromatic carbocycles. The van der Waals surface area contributed by atoms with E-state index in [1.54, 1.807) is 10.9 Å². The van der Waals surface area contributed by atoms with Crippen LogP contribution in [0.2, 0.25) is 0 Å². The predicted molar refractivity (Wildman–Crippen MR) is 73.6 cm³/mol. The Morgan fingerprint density at radius 3 is 2.74 bits per heavy atom. The number of hydrogen-bond acceptors (Lipinski definition) is 3. The van der Waals surface area contributed by atoms with Crippen molar-refractivity contribution in [2.75, 3.05) is 6.54 Å². The third-order valence-electron chi connectivity index (χ3n) is 2.97. The fourth-order valence-electron chi connectivity index (χ4n) is 1.66. The van der Waals surface area contributed by atoms with Gasteiger partial charge in [-0.2, -0.15) is 5.10 Å². The molecule has 0 saturated heterocycles. The fraction of sp³-hybridized carbons (Fsp3) is 0.286. The lowest BCUT2D eigenvalue weighted by Crippen LogP contribution is -2.32. The number of aromatic nitrogens is 2. The van der Waals surface area contributed by atoms with E-state index in [4.69, 9.17) is 5.73 Å². The Hall–Kier alpha value is -2.14. The summed E-state index contributed by atoms with van der Waals surface area (Å²) in [5.41, 5.74) is 7.49. The van der Waals surface area contributed by atoms with Gasteiger partial charge in [-0.3, -0.25) is 4.79 Å². The summed E-state index contributed by atoms with van der Waals surface area (Å²) in [5, 5.41) is 7.02. The van der Waals surface area contributed by atoms with Gasteiger partial charge in [-0.05, 0) is 23.8 Å². The molecule has 1 atom stereocenters. The van der Waals surface area contributed by atoms with E-state index in [-0.39, 0.29) is 11.8 Å². The summed E-state index contributed by atoms with van der Waals surface area (Å²) < 4.78 is 1.79. The maximum atomic E-state index is 11.6. The lowest BCUT2D eigenvalue weighted by atomic mass is 10.1. The third kappa shape index (κ3) is 3.42. The highest BCUT2D eigenvalue weighted by Gasteiger charge is 2.09. The third-order valence-corrected chi connectivity index (χ3v) is 2.97. The average Bonchev–Trinajstić information content (AvgIpc) is 2.98. The number of nitrogens with two attached hydrogens (primary N) is 1. The SMILES string of the molecule is CC(CN)C(=O)NCc1ccc(-n2cccn2)cc1. The topological polar surface area (TPSA) is 72.9 Å². The summed E-state index contributed by atoms with van der Waals surface area (Å²) in [6.07, 6.45) is 3.63. The van der Waals surface area contributed by atoms with Crippen molar-refractivity contribution in [3.63, 3.8) is 0 Å². The molecular formula is C14H18N4O. The number of rotatable bonds is 5. The van der Waals surface area contributed by atoms with Crippen LogP contribution >= 0.6 is 0 Å². The molecule has 1 unspecified atom stereocenters. The van der Waals surface area contributed by atoms with Gasteiger partial charge in [0.25, 0.3) is 0 Å². The molecule has 0 aliphatic heterocycles. The number of nitrogens with zero attached hydrogens (tertiary/aromatic N) is 2. The minimum Gasteiger partial charge on any atom is -0.352 e. The summed E-state index contributed by atoms with van der Waals surface area (Å²) in [5.74, 6) is -0.165. The van der Waals surface area contributed by atoms with Crippen LogP contribution in [0.4, 0.5) is 0 Å². The normalized spacial score (nSPS) is 12.1. The van der Waals surface area contributed by atoms with Gasteiger partial charge in [0.2, 0.25) is 5.91 Å². The summed E-state index contributed by atoms with van der Waals surface area (Å²) in [4.78, 5) is 11.6. The van der Waals surface area contributed by atoms with E-state index < -0.39 is 0 Å². The van der Waals surface area contributed by atoms with Crippen molar-refractivity contribution in [3.8, 4) is 5.69 Å². The van der Waals surface area contributed by atoms with Crippen molar-refractivity contribution in [2.45, 2.75) is 13.5 Å². The van der Waals surface area contributed by atoms with Crippen molar-refractivity contribution in [1.29, 1.82) is 0 Å². The standard InChI is InChI=1S/C14H18N4O/c1-11(9-15)14(19)16-10-12-3-5-13(6-4-12)18-8-2-7-17-18/h2-8,11H,9-10,15H2,1H3,(H,16,19). The molecule has 0 saturated carbocycles. The van der Waals surface area contributed by atoms with Crippen molar-refractivity contribution in [1.82, 2.24) is 15.1 Å². The van der Waals surface area contributed by atoms with Crippen LogP contribution in [0.25, 0.3) is 5.69 Å². The smallest absolute Gasteiger partial charge is 0.224 e. The molecular weight excluding hydrogens is 240 g/mol. The van der Waals surface area contributed by atoms with Gasteiger partial charge in [0, 0.05) is 31.4 Å². The first kappa shape index (κ1) is 13.3. The second-order valence-corrected chi connectivity index (χ2v) is 4.47. The van der Waals surface area contributed by atoms with Gasteiger partial charge >= 0.3 is 0 Å². The molecule has 5 nitrogen and oxygen atoms in total. The second kappa shape index (κ2) is 6.15. The van der Waals surface area contributed by atoms with Crippen molar-refractivity contribution in [3.05, 3.63) is 48.3 Å². The summed E-state index contributed by atoms with van der Waals surface area (Å²) in [6.45, 7) is 2.70. The Bertz CT molecular complexity index is 519. The first-order chi connectivity index (χ1) is 9.20. The minimum absolute atomic E-state index is 0.0151. The Balaban J connectivity index is 1.94. The van der Waals surface area contributed by atoms with Gasteiger partial charge in [-0.25, -0.2) is 4.68 Å². The highest BCUT2D eigenvalue weighted by atomic mass is 16.1. The molecule has 0 bridgehead atoms. The van der Waals surface area contributed by atoms with Crippen molar-refractivity contribution >= 4 is 5.91 Å². The van der Waals surface area contributed by atoms with Gasteiger partial charge < -0.3 is 11.1 Å². The fourth-order valence-corrected chi connectivity index (χ4v) is 1.66. The molecule has 1 aromatic heterocycles. The van der Waals surface area contributed by atoms with Gasteiger partial charge in [-0.15, -0.1) is 0 Å². The zero-order valence-electron chi connectivity index (χ0n) is 10.9. The van der Waals surface area contributed by atoms with E-state index in [9.17, 15) is 4.79 Å². The Morgan fingerprint density at radius 1 is 1.42 bits per heavy atom. The van der Waals surface area contributed by atoms with Gasteiger partial charge in [0.1, 0.15) is 0 Å². The Labute approximate surface area is 112 Å². The molecule has 0 spiro atoms. The van der Waals surface area contributed by atoms with Crippen LogP contribution < -0.4 is 11.1 Å². The molecule has 1 amide bonds. The molecule has 2 rings (SSSR count). The predicted octanol–water partition coefficient (Wildman–Crippen LogP) is 1.08. The molecule has 2 aromatic rings. The van der Waals surface area contributed by atoms with Crippen molar-refractivity contribution in [2.24, 2.45) is 11.7 Å². The molecule has 19 heavy (non-hydrogen) atoms. The largest absolute Gasteiger partial charge is 0.352 e. The van der Waals surface area contributed by atoms with Crippen molar-refractivity contribution < 1.29 is 4.79 Å². The monoisotopic (exact) mass is 258 g/mol. The molecule has 0 radical (unpaired) electrons. The lowest BCUT2D eigenvalue weighted by molar-refractivity contribution is -0.124. The van der Waals surface area contributed by atoms with Crippen LogP contribution in [-0.2, 0) is 11.3 Å². The molecule has 3 N–H and O–H groups in total. The first-order valence-corrected chi connectivity index (χ1v) is 6.27. The van der Waals surface area contributed by atoms with Crippen LogP contribution in [0.5, 0.6) is 0 Å². The molecule has 0 aliphatic carbocycles. The first-order valence-electron chi connectivity index (χ1n) is 6.27. The van der Waals surface area contributed by atoms with Gasteiger partial charge in [0.15, 0.2) is 0 Å². The molecule has 0 fully saturated rings. The van der Waals surface area contributed by atoms with Crippen LogP contribution in [-0.4, -0.2) is 22.2 Å². The number of carbonyl (C=O) groups excluding carboxylic acids is 1. The molecule has 0 aliphatic rings. The highest BCUT2D eigenvalue weighted by molar-refractivity contribution is 5.78. The number of carbonyl (C=O) groups is 1.